The van der Waals surface area contributed by atoms with Gasteiger partial charge in [-0.3, -0.25) is 0 Å². The third-order valence-corrected chi connectivity index (χ3v) is 8.12. The van der Waals surface area contributed by atoms with E-state index in [0.717, 1.165) is 28.8 Å². The molecule has 7 aromatic rings. The maximum atomic E-state index is 4.88. The van der Waals surface area contributed by atoms with Gasteiger partial charge in [-0.1, -0.05) is 140 Å². The van der Waals surface area contributed by atoms with Crippen LogP contribution in [-0.4, -0.2) is 21.5 Å². The molecule has 1 aliphatic rings. The fraction of sp³-hybridized carbons (Fsp3) is 0.0250. The number of rotatable bonds is 5. The quantitative estimate of drug-likeness (QED) is 0.226. The molecule has 4 heteroatoms. The topological polar surface area (TPSA) is 50.7 Å². The lowest BCUT2D eigenvalue weighted by atomic mass is 9.94. The lowest BCUT2D eigenvalue weighted by molar-refractivity contribution is 1.07. The van der Waals surface area contributed by atoms with Crippen molar-refractivity contribution in [3.05, 3.63) is 151 Å². The van der Waals surface area contributed by atoms with E-state index < -0.39 is 0 Å². The predicted octanol–water partition coefficient (Wildman–Crippen LogP) is 9.80. The molecule has 6 aromatic carbocycles. The Hall–Kier alpha value is -5.87. The average Bonchev–Trinajstić information content (AvgIpc) is 3.11. The largest absolute Gasteiger partial charge is 0.381 e. The van der Waals surface area contributed by atoms with E-state index in [2.05, 4.69) is 96.3 Å². The second kappa shape index (κ2) is 11.1. The Balaban J connectivity index is 1.15. The van der Waals surface area contributed by atoms with Gasteiger partial charge in [-0.2, -0.15) is 0 Å². The second-order valence-corrected chi connectivity index (χ2v) is 10.9. The van der Waals surface area contributed by atoms with Crippen LogP contribution >= 0.6 is 0 Å². The van der Waals surface area contributed by atoms with Crippen molar-refractivity contribution < 1.29 is 0 Å². The number of nitrogens with one attached hydrogen (secondary N) is 1. The minimum atomic E-state index is 0.655. The molecule has 0 bridgehead atoms. The van der Waals surface area contributed by atoms with Gasteiger partial charge >= 0.3 is 0 Å². The highest BCUT2D eigenvalue weighted by molar-refractivity contribution is 5.94. The van der Waals surface area contributed by atoms with Gasteiger partial charge in [-0.05, 0) is 45.2 Å². The number of fused-ring (bicyclic) bond motifs is 2. The average molecular weight is 565 g/mol. The normalized spacial score (nSPS) is 12.1. The van der Waals surface area contributed by atoms with E-state index in [1.807, 2.05) is 60.7 Å². The Bertz CT molecular complexity index is 2090. The number of hydrogen-bond donors (Lipinski definition) is 1. The lowest BCUT2D eigenvalue weighted by Gasteiger charge is -2.18. The molecule has 0 saturated carbocycles. The summed E-state index contributed by atoms with van der Waals surface area (Å²) in [7, 11) is 0. The predicted molar refractivity (Wildman–Crippen MR) is 182 cm³/mol. The van der Waals surface area contributed by atoms with E-state index in [1.54, 1.807) is 0 Å². The Morgan fingerprint density at radius 2 is 0.977 bits per heavy atom. The van der Waals surface area contributed by atoms with Gasteiger partial charge in [0.1, 0.15) is 0 Å². The van der Waals surface area contributed by atoms with Crippen molar-refractivity contribution in [3.63, 3.8) is 0 Å². The van der Waals surface area contributed by atoms with E-state index in [-0.39, 0.29) is 0 Å². The number of aromatic nitrogens is 3. The molecule has 0 saturated heterocycles. The van der Waals surface area contributed by atoms with Gasteiger partial charge in [0.05, 0.1) is 0 Å². The van der Waals surface area contributed by atoms with Crippen molar-refractivity contribution in [2.45, 2.75) is 0 Å². The fourth-order valence-corrected chi connectivity index (χ4v) is 5.84. The lowest BCUT2D eigenvalue weighted by Crippen LogP contribution is -2.05. The molecule has 8 rings (SSSR count). The Labute approximate surface area is 256 Å². The van der Waals surface area contributed by atoms with Gasteiger partial charge in [0, 0.05) is 34.5 Å². The zero-order valence-corrected chi connectivity index (χ0v) is 24.0. The van der Waals surface area contributed by atoms with E-state index in [1.165, 1.54) is 38.7 Å². The number of hydrogen-bond acceptors (Lipinski definition) is 4. The third-order valence-electron chi connectivity index (χ3n) is 8.12. The molecule has 4 nitrogen and oxygen atoms in total. The Kier molecular flexibility index (Phi) is 6.50. The third kappa shape index (κ3) is 4.93. The fourth-order valence-electron chi connectivity index (χ4n) is 5.84. The van der Waals surface area contributed by atoms with Crippen LogP contribution in [0.25, 0.3) is 73.3 Å². The highest BCUT2D eigenvalue weighted by atomic mass is 15.0. The van der Waals surface area contributed by atoms with Crippen LogP contribution in [0.5, 0.6) is 0 Å². The van der Waals surface area contributed by atoms with E-state index in [0.29, 0.717) is 17.5 Å². The second-order valence-electron chi connectivity index (χ2n) is 10.9. The first-order chi connectivity index (χ1) is 21.8. The van der Waals surface area contributed by atoms with Crippen LogP contribution in [0.15, 0.2) is 146 Å². The van der Waals surface area contributed by atoms with Crippen LogP contribution in [-0.2, 0) is 0 Å². The van der Waals surface area contributed by atoms with Gasteiger partial charge in [0.15, 0.2) is 17.5 Å². The number of nitrogens with zero attached hydrogens (tertiary/aromatic N) is 3. The molecule has 2 heterocycles. The van der Waals surface area contributed by atoms with Gasteiger partial charge < -0.3 is 5.32 Å². The van der Waals surface area contributed by atoms with E-state index in [9.17, 15) is 0 Å². The van der Waals surface area contributed by atoms with Crippen LogP contribution < -0.4 is 5.32 Å². The first-order valence-electron chi connectivity index (χ1n) is 14.8. The molecule has 0 amide bonds. The van der Waals surface area contributed by atoms with Crippen molar-refractivity contribution >= 4 is 22.5 Å². The summed E-state index contributed by atoms with van der Waals surface area (Å²) in [6.45, 7) is 0.851. The van der Waals surface area contributed by atoms with Crippen LogP contribution in [0.3, 0.4) is 0 Å². The molecule has 1 aliphatic heterocycles. The zero-order valence-electron chi connectivity index (χ0n) is 24.0. The number of para-hydroxylation sites is 1. The molecule has 0 atom stereocenters. The maximum Gasteiger partial charge on any atom is 0.164 e. The minimum absolute atomic E-state index is 0.655. The van der Waals surface area contributed by atoms with Gasteiger partial charge in [-0.25, -0.2) is 15.0 Å². The molecule has 0 fully saturated rings. The zero-order chi connectivity index (χ0) is 29.3. The van der Waals surface area contributed by atoms with E-state index in [4.69, 9.17) is 15.0 Å². The number of anilines is 1. The molecule has 0 radical (unpaired) electrons. The molecule has 0 aliphatic carbocycles. The highest BCUT2D eigenvalue weighted by Crippen LogP contribution is 2.36. The molecule has 44 heavy (non-hydrogen) atoms. The standard InChI is InChI=1S/C40H28N4/c1-3-9-30(10-4-1)38-42-39(31-11-5-2-6-12-31)44-40(43-38)32-20-16-27(17-21-32)33-22-18-28-19-23-34(26-35(28)25-33)36-15-7-13-29-14-8-24-41-37(29)36/h1-23,25-26,41H,24H2. The summed E-state index contributed by atoms with van der Waals surface area (Å²) in [6.07, 6.45) is 4.36. The maximum absolute atomic E-state index is 4.88. The minimum Gasteiger partial charge on any atom is -0.381 e. The van der Waals surface area contributed by atoms with Crippen LogP contribution in [0.2, 0.25) is 0 Å². The summed E-state index contributed by atoms with van der Waals surface area (Å²) in [5, 5.41) is 5.99. The van der Waals surface area contributed by atoms with Gasteiger partial charge in [0.2, 0.25) is 0 Å². The molecular formula is C40H28N4. The Morgan fingerprint density at radius 1 is 0.432 bits per heavy atom. The highest BCUT2D eigenvalue weighted by Gasteiger charge is 2.14. The molecule has 1 N–H and O–H groups in total. The van der Waals surface area contributed by atoms with Crippen molar-refractivity contribution in [2.75, 3.05) is 11.9 Å². The SMILES string of the molecule is C1=Cc2cccc(-c3ccc4ccc(-c5ccc(-c6nc(-c7ccccc7)nc(-c7ccccc7)n6)cc5)cc4c3)c2NC1. The number of benzene rings is 6. The monoisotopic (exact) mass is 564 g/mol. The molecule has 0 spiro atoms. The summed E-state index contributed by atoms with van der Waals surface area (Å²) in [6, 6.07) is 48.5. The summed E-state index contributed by atoms with van der Waals surface area (Å²) < 4.78 is 0. The van der Waals surface area contributed by atoms with E-state index >= 15 is 0 Å². The van der Waals surface area contributed by atoms with Gasteiger partial charge in [0.25, 0.3) is 0 Å². The van der Waals surface area contributed by atoms with Crippen molar-refractivity contribution in [3.8, 4) is 56.4 Å². The summed E-state index contributed by atoms with van der Waals surface area (Å²) in [5.74, 6) is 1.98. The first kappa shape index (κ1) is 25.8. The van der Waals surface area contributed by atoms with Crippen LogP contribution in [0.1, 0.15) is 5.56 Å². The van der Waals surface area contributed by atoms with Crippen molar-refractivity contribution in [2.24, 2.45) is 0 Å². The van der Waals surface area contributed by atoms with Crippen molar-refractivity contribution in [1.82, 2.24) is 15.0 Å². The molecule has 208 valence electrons. The summed E-state index contributed by atoms with van der Waals surface area (Å²) in [5.41, 5.74) is 10.1. The first-order valence-corrected chi connectivity index (χ1v) is 14.8. The molecule has 0 unspecified atom stereocenters. The molecular weight excluding hydrogens is 536 g/mol. The van der Waals surface area contributed by atoms with Crippen LogP contribution in [0, 0.1) is 0 Å². The smallest absolute Gasteiger partial charge is 0.164 e. The summed E-state index contributed by atoms with van der Waals surface area (Å²) in [4.78, 5) is 14.6. The Morgan fingerprint density at radius 3 is 1.64 bits per heavy atom. The van der Waals surface area contributed by atoms with Crippen molar-refractivity contribution in [1.29, 1.82) is 0 Å². The molecule has 1 aromatic heterocycles. The van der Waals surface area contributed by atoms with Crippen LogP contribution in [0.4, 0.5) is 5.69 Å². The van der Waals surface area contributed by atoms with Gasteiger partial charge in [-0.15, -0.1) is 0 Å². The summed E-state index contributed by atoms with van der Waals surface area (Å²) >= 11 is 0.